The molecule has 0 aliphatic carbocycles. The van der Waals surface area contributed by atoms with Gasteiger partial charge in [-0.3, -0.25) is 9.58 Å². The molecule has 2 atom stereocenters. The molecule has 1 aromatic heterocycles. The van der Waals surface area contributed by atoms with Crippen LogP contribution in [0.4, 0.5) is 0 Å². The minimum Gasteiger partial charge on any atom is -0.471 e. The molecule has 3 aromatic rings. The number of nitrogens with zero attached hydrogens (tertiary/aromatic N) is 3. The van der Waals surface area contributed by atoms with Crippen LogP contribution in [-0.2, 0) is 13.2 Å². The molecule has 1 aliphatic rings. The Morgan fingerprint density at radius 2 is 1.55 bits per heavy atom. The van der Waals surface area contributed by atoms with Gasteiger partial charge in [-0.2, -0.15) is 0 Å². The molecule has 0 saturated carbocycles. The second-order valence-corrected chi connectivity index (χ2v) is 8.12. The highest BCUT2D eigenvalue weighted by Gasteiger charge is 2.24. The predicted octanol–water partition coefficient (Wildman–Crippen LogP) is 5.39. The minimum atomic E-state index is 0.526. The van der Waals surface area contributed by atoms with E-state index in [0.29, 0.717) is 24.6 Å². The molecule has 152 valence electrons. The quantitative estimate of drug-likeness (QED) is 0.542. The molecule has 0 spiro atoms. The lowest BCUT2D eigenvalue weighted by molar-refractivity contribution is 0.0976. The van der Waals surface area contributed by atoms with Gasteiger partial charge < -0.3 is 4.74 Å². The highest BCUT2D eigenvalue weighted by molar-refractivity contribution is 5.67. The fraction of sp³-hybridized carbons (Fsp3) is 0.400. The lowest BCUT2D eigenvalue weighted by Crippen LogP contribution is -2.45. The van der Waals surface area contributed by atoms with Gasteiger partial charge in [-0.05, 0) is 37.8 Å². The van der Waals surface area contributed by atoms with Crippen LogP contribution in [0.2, 0.25) is 0 Å². The summed E-state index contributed by atoms with van der Waals surface area (Å²) in [6.45, 7) is 7.13. The summed E-state index contributed by atoms with van der Waals surface area (Å²) < 4.78 is 8.20. The van der Waals surface area contributed by atoms with Crippen LogP contribution in [0.15, 0.2) is 66.9 Å². The number of benzene rings is 2. The van der Waals surface area contributed by atoms with Crippen molar-refractivity contribution < 1.29 is 4.74 Å². The Hall–Kier alpha value is -2.59. The van der Waals surface area contributed by atoms with Crippen LogP contribution in [0, 0.1) is 0 Å². The molecule has 4 rings (SSSR count). The van der Waals surface area contributed by atoms with Crippen molar-refractivity contribution in [3.8, 4) is 17.0 Å². The second kappa shape index (κ2) is 9.27. The van der Waals surface area contributed by atoms with E-state index in [1.54, 1.807) is 0 Å². The van der Waals surface area contributed by atoms with E-state index in [2.05, 4.69) is 66.0 Å². The molecule has 1 aliphatic heterocycles. The lowest BCUT2D eigenvalue weighted by Gasteiger charge is -2.38. The van der Waals surface area contributed by atoms with Crippen molar-refractivity contribution in [1.29, 1.82) is 0 Å². The zero-order valence-corrected chi connectivity index (χ0v) is 17.5. The standard InChI is InChI=1S/C25H31N3O/c1-20-10-9-11-21(2)28(20)17-16-27-18-24(23-14-7-4-8-15-23)25(26-27)29-19-22-12-5-3-6-13-22/h3-8,12-15,18,20-21H,9-11,16-17,19H2,1-2H3/t20-,21+. The third-order valence-electron chi connectivity index (χ3n) is 5.99. The summed E-state index contributed by atoms with van der Waals surface area (Å²) in [4.78, 5) is 2.62. The molecule has 2 heterocycles. The minimum absolute atomic E-state index is 0.526. The molecule has 0 N–H and O–H groups in total. The Morgan fingerprint density at radius 1 is 0.897 bits per heavy atom. The van der Waals surface area contributed by atoms with E-state index in [4.69, 9.17) is 9.84 Å². The van der Waals surface area contributed by atoms with Gasteiger partial charge in [0.2, 0.25) is 5.88 Å². The van der Waals surface area contributed by atoms with Crippen LogP contribution < -0.4 is 4.74 Å². The van der Waals surface area contributed by atoms with Gasteiger partial charge in [0.1, 0.15) is 6.61 Å². The summed E-state index contributed by atoms with van der Waals surface area (Å²) in [7, 11) is 0. The number of ether oxygens (including phenoxy) is 1. The second-order valence-electron chi connectivity index (χ2n) is 8.12. The van der Waals surface area contributed by atoms with Crippen molar-refractivity contribution in [3.05, 3.63) is 72.4 Å². The molecule has 0 amide bonds. The van der Waals surface area contributed by atoms with E-state index < -0.39 is 0 Å². The van der Waals surface area contributed by atoms with Gasteiger partial charge in [0.25, 0.3) is 0 Å². The first kappa shape index (κ1) is 19.7. The maximum Gasteiger partial charge on any atom is 0.241 e. The SMILES string of the molecule is C[C@@H]1CCC[C@H](C)N1CCn1cc(-c2ccccc2)c(OCc2ccccc2)n1. The molecule has 4 heteroatoms. The van der Waals surface area contributed by atoms with Crippen molar-refractivity contribution in [1.82, 2.24) is 14.7 Å². The van der Waals surface area contributed by atoms with Crippen LogP contribution in [-0.4, -0.2) is 33.3 Å². The zero-order chi connectivity index (χ0) is 20.1. The fourth-order valence-electron chi connectivity index (χ4n) is 4.30. The van der Waals surface area contributed by atoms with E-state index in [-0.39, 0.29) is 0 Å². The maximum atomic E-state index is 6.15. The van der Waals surface area contributed by atoms with Gasteiger partial charge in [-0.15, -0.1) is 5.10 Å². The number of likely N-dealkylation sites (tertiary alicyclic amines) is 1. The Balaban J connectivity index is 1.51. The first-order valence-corrected chi connectivity index (χ1v) is 10.8. The molecule has 1 fully saturated rings. The van der Waals surface area contributed by atoms with Crippen LogP contribution in [0.25, 0.3) is 11.1 Å². The summed E-state index contributed by atoms with van der Waals surface area (Å²) in [5.74, 6) is 0.708. The van der Waals surface area contributed by atoms with E-state index in [0.717, 1.165) is 29.8 Å². The third-order valence-corrected chi connectivity index (χ3v) is 5.99. The summed E-state index contributed by atoms with van der Waals surface area (Å²) >= 11 is 0. The normalized spacial score (nSPS) is 19.9. The van der Waals surface area contributed by atoms with Crippen molar-refractivity contribution >= 4 is 0 Å². The van der Waals surface area contributed by atoms with E-state index in [1.807, 2.05) is 24.3 Å². The van der Waals surface area contributed by atoms with Gasteiger partial charge in [0.15, 0.2) is 0 Å². The Morgan fingerprint density at radius 3 is 2.24 bits per heavy atom. The Bertz CT molecular complexity index is 881. The molecular weight excluding hydrogens is 358 g/mol. The van der Waals surface area contributed by atoms with Crippen LogP contribution >= 0.6 is 0 Å². The first-order valence-electron chi connectivity index (χ1n) is 10.8. The molecule has 1 saturated heterocycles. The van der Waals surface area contributed by atoms with Gasteiger partial charge in [-0.25, -0.2) is 0 Å². The number of rotatable bonds is 7. The van der Waals surface area contributed by atoms with Crippen LogP contribution in [0.3, 0.4) is 0 Å². The highest BCUT2D eigenvalue weighted by Crippen LogP contribution is 2.29. The molecule has 0 radical (unpaired) electrons. The molecule has 4 nitrogen and oxygen atoms in total. The lowest BCUT2D eigenvalue weighted by atomic mass is 9.98. The molecule has 0 unspecified atom stereocenters. The number of hydrogen-bond donors (Lipinski definition) is 0. The van der Waals surface area contributed by atoms with Gasteiger partial charge in [0, 0.05) is 24.8 Å². The Kier molecular flexibility index (Phi) is 6.30. The average molecular weight is 390 g/mol. The summed E-state index contributed by atoms with van der Waals surface area (Å²) in [5.41, 5.74) is 3.35. The summed E-state index contributed by atoms with van der Waals surface area (Å²) in [6, 6.07) is 22.0. The summed E-state index contributed by atoms with van der Waals surface area (Å²) in [5, 5.41) is 4.80. The average Bonchev–Trinajstić information content (AvgIpc) is 3.16. The number of aromatic nitrogens is 2. The zero-order valence-electron chi connectivity index (χ0n) is 17.5. The molecule has 29 heavy (non-hydrogen) atoms. The van der Waals surface area contributed by atoms with E-state index >= 15 is 0 Å². The molecular formula is C25H31N3O. The summed E-state index contributed by atoms with van der Waals surface area (Å²) in [6.07, 6.45) is 6.07. The van der Waals surface area contributed by atoms with Crippen LogP contribution in [0.5, 0.6) is 5.88 Å². The van der Waals surface area contributed by atoms with Crippen molar-refractivity contribution in [2.45, 2.75) is 58.3 Å². The highest BCUT2D eigenvalue weighted by atomic mass is 16.5. The first-order chi connectivity index (χ1) is 14.2. The van der Waals surface area contributed by atoms with Crippen LogP contribution in [0.1, 0.15) is 38.7 Å². The number of piperidine rings is 1. The fourth-order valence-corrected chi connectivity index (χ4v) is 4.30. The smallest absolute Gasteiger partial charge is 0.241 e. The third kappa shape index (κ3) is 4.88. The van der Waals surface area contributed by atoms with Crippen molar-refractivity contribution in [2.24, 2.45) is 0 Å². The van der Waals surface area contributed by atoms with Crippen molar-refractivity contribution in [3.63, 3.8) is 0 Å². The monoisotopic (exact) mass is 389 g/mol. The Labute approximate surface area is 174 Å². The van der Waals surface area contributed by atoms with Crippen molar-refractivity contribution in [2.75, 3.05) is 6.54 Å². The van der Waals surface area contributed by atoms with E-state index in [9.17, 15) is 0 Å². The largest absolute Gasteiger partial charge is 0.471 e. The topological polar surface area (TPSA) is 30.3 Å². The predicted molar refractivity (Wildman–Crippen MR) is 118 cm³/mol. The molecule has 0 bridgehead atoms. The van der Waals surface area contributed by atoms with Gasteiger partial charge >= 0.3 is 0 Å². The van der Waals surface area contributed by atoms with Gasteiger partial charge in [-0.1, -0.05) is 67.1 Å². The van der Waals surface area contributed by atoms with Gasteiger partial charge in [0.05, 0.1) is 12.1 Å². The molecule has 2 aromatic carbocycles. The van der Waals surface area contributed by atoms with E-state index in [1.165, 1.54) is 19.3 Å². The maximum absolute atomic E-state index is 6.15. The number of hydrogen-bond acceptors (Lipinski definition) is 3.